The molecule has 0 bridgehead atoms. The molecule has 3 rings (SSSR count). The highest BCUT2D eigenvalue weighted by Gasteiger charge is 2.33. The van der Waals surface area contributed by atoms with Crippen LogP contribution < -0.4 is 5.32 Å². The lowest BCUT2D eigenvalue weighted by Crippen LogP contribution is -2.29. The maximum atomic E-state index is 13.5. The summed E-state index contributed by atoms with van der Waals surface area (Å²) in [6, 6.07) is 9.30. The first-order valence-corrected chi connectivity index (χ1v) is 10.9. The Labute approximate surface area is 187 Å². The molecule has 9 heteroatoms. The van der Waals surface area contributed by atoms with E-state index in [0.717, 1.165) is 42.9 Å². The largest absolute Gasteiger partial charge is 0.417 e. The first kappa shape index (κ1) is 23.8. The number of rotatable bonds is 8. The average molecular weight is 467 g/mol. The SMILES string of the molecule is O=C(/C=C/c1ccc(Sc2ccc(F)cc2)cc1C(F)(F)F)NCCCN1CCCC1=O. The Bertz CT molecular complexity index is 990. The zero-order valence-corrected chi connectivity index (χ0v) is 17.9. The van der Waals surface area contributed by atoms with Gasteiger partial charge in [0.05, 0.1) is 5.56 Å². The van der Waals surface area contributed by atoms with Gasteiger partial charge in [0.1, 0.15) is 5.82 Å². The molecule has 0 aromatic heterocycles. The van der Waals surface area contributed by atoms with E-state index in [1.807, 2.05) is 0 Å². The molecule has 170 valence electrons. The quantitative estimate of drug-likeness (QED) is 0.333. The van der Waals surface area contributed by atoms with Gasteiger partial charge in [0, 0.05) is 41.9 Å². The smallest absolute Gasteiger partial charge is 0.352 e. The molecular weight excluding hydrogens is 444 g/mol. The molecule has 2 aromatic carbocycles. The van der Waals surface area contributed by atoms with Crippen molar-refractivity contribution in [3.8, 4) is 0 Å². The van der Waals surface area contributed by atoms with Crippen LogP contribution in [0.4, 0.5) is 17.6 Å². The van der Waals surface area contributed by atoms with Gasteiger partial charge in [0.15, 0.2) is 0 Å². The molecule has 1 N–H and O–H groups in total. The summed E-state index contributed by atoms with van der Waals surface area (Å²) in [6.07, 6.45) is -0.423. The van der Waals surface area contributed by atoms with Crippen LogP contribution in [-0.4, -0.2) is 36.3 Å². The highest BCUT2D eigenvalue weighted by atomic mass is 32.2. The molecule has 1 saturated heterocycles. The number of alkyl halides is 3. The third-order valence-corrected chi connectivity index (χ3v) is 5.87. The number of carbonyl (C=O) groups is 2. The van der Waals surface area contributed by atoms with Crippen molar-refractivity contribution in [3.05, 3.63) is 65.5 Å². The maximum Gasteiger partial charge on any atom is 0.417 e. The summed E-state index contributed by atoms with van der Waals surface area (Å²) in [5.41, 5.74) is -0.986. The minimum atomic E-state index is -4.60. The molecule has 1 heterocycles. The Hall–Kier alpha value is -2.81. The van der Waals surface area contributed by atoms with Crippen molar-refractivity contribution in [3.63, 3.8) is 0 Å². The summed E-state index contributed by atoms with van der Waals surface area (Å²) >= 11 is 1.09. The fraction of sp³-hybridized carbons (Fsp3) is 0.304. The van der Waals surface area contributed by atoms with E-state index in [4.69, 9.17) is 0 Å². The molecule has 1 aliphatic heterocycles. The fourth-order valence-corrected chi connectivity index (χ4v) is 4.13. The average Bonchev–Trinajstić information content (AvgIpc) is 3.16. The molecule has 1 fully saturated rings. The third-order valence-electron chi connectivity index (χ3n) is 4.87. The van der Waals surface area contributed by atoms with Gasteiger partial charge in [-0.2, -0.15) is 13.2 Å². The van der Waals surface area contributed by atoms with Crippen LogP contribution in [0.2, 0.25) is 0 Å². The first-order chi connectivity index (χ1) is 15.2. The Balaban J connectivity index is 1.60. The van der Waals surface area contributed by atoms with Crippen LogP contribution in [0.3, 0.4) is 0 Å². The van der Waals surface area contributed by atoms with Gasteiger partial charge in [-0.1, -0.05) is 17.8 Å². The Kier molecular flexibility index (Phi) is 7.95. The van der Waals surface area contributed by atoms with Crippen molar-refractivity contribution in [2.24, 2.45) is 0 Å². The summed E-state index contributed by atoms with van der Waals surface area (Å²) in [4.78, 5) is 26.2. The summed E-state index contributed by atoms with van der Waals surface area (Å²) in [5, 5.41) is 2.62. The molecule has 0 radical (unpaired) electrons. The van der Waals surface area contributed by atoms with Crippen molar-refractivity contribution < 1.29 is 27.2 Å². The van der Waals surface area contributed by atoms with Crippen molar-refractivity contribution in [1.82, 2.24) is 10.2 Å². The van der Waals surface area contributed by atoms with E-state index in [1.54, 1.807) is 4.90 Å². The van der Waals surface area contributed by atoms with Gasteiger partial charge in [-0.05, 0) is 60.9 Å². The van der Waals surface area contributed by atoms with Gasteiger partial charge in [0.2, 0.25) is 11.8 Å². The van der Waals surface area contributed by atoms with Gasteiger partial charge in [-0.25, -0.2) is 4.39 Å². The topological polar surface area (TPSA) is 49.4 Å². The summed E-state index contributed by atoms with van der Waals surface area (Å²) < 4.78 is 53.7. The number of hydrogen-bond donors (Lipinski definition) is 1. The number of amides is 2. The second-order valence-corrected chi connectivity index (χ2v) is 8.41. The molecule has 2 amide bonds. The van der Waals surface area contributed by atoms with E-state index in [2.05, 4.69) is 5.32 Å². The molecule has 4 nitrogen and oxygen atoms in total. The van der Waals surface area contributed by atoms with Crippen molar-refractivity contribution >= 4 is 29.7 Å². The minimum Gasteiger partial charge on any atom is -0.352 e. The van der Waals surface area contributed by atoms with Crippen molar-refractivity contribution in [2.45, 2.75) is 35.2 Å². The molecule has 2 aromatic rings. The van der Waals surface area contributed by atoms with Gasteiger partial charge in [-0.3, -0.25) is 9.59 Å². The summed E-state index contributed by atoms with van der Waals surface area (Å²) in [5.74, 6) is -0.818. The molecule has 0 spiro atoms. The van der Waals surface area contributed by atoms with Crippen molar-refractivity contribution in [1.29, 1.82) is 0 Å². The van der Waals surface area contributed by atoms with Crippen LogP contribution >= 0.6 is 11.8 Å². The minimum absolute atomic E-state index is 0.108. The van der Waals surface area contributed by atoms with Crippen LogP contribution in [0.5, 0.6) is 0 Å². The molecule has 0 aliphatic carbocycles. The Morgan fingerprint density at radius 1 is 1.12 bits per heavy atom. The van der Waals surface area contributed by atoms with Crippen LogP contribution in [0, 0.1) is 5.82 Å². The van der Waals surface area contributed by atoms with E-state index in [1.165, 1.54) is 36.4 Å². The summed E-state index contributed by atoms with van der Waals surface area (Å²) in [7, 11) is 0. The lowest BCUT2D eigenvalue weighted by atomic mass is 10.1. The van der Waals surface area contributed by atoms with Gasteiger partial charge in [0.25, 0.3) is 0 Å². The van der Waals surface area contributed by atoms with E-state index >= 15 is 0 Å². The molecule has 0 atom stereocenters. The number of carbonyl (C=O) groups excluding carboxylic acids is 2. The zero-order valence-electron chi connectivity index (χ0n) is 17.1. The number of hydrogen-bond acceptors (Lipinski definition) is 3. The number of nitrogens with one attached hydrogen (secondary N) is 1. The fourth-order valence-electron chi connectivity index (χ4n) is 3.27. The molecule has 1 aliphatic rings. The van der Waals surface area contributed by atoms with E-state index in [9.17, 15) is 27.2 Å². The van der Waals surface area contributed by atoms with E-state index < -0.39 is 23.5 Å². The van der Waals surface area contributed by atoms with Crippen LogP contribution in [0.15, 0.2) is 58.3 Å². The molecular formula is C23H22F4N2O2S. The Morgan fingerprint density at radius 2 is 1.84 bits per heavy atom. The number of likely N-dealkylation sites (tertiary alicyclic amines) is 1. The maximum absolute atomic E-state index is 13.5. The van der Waals surface area contributed by atoms with Gasteiger partial charge >= 0.3 is 6.18 Å². The standard InChI is InChI=1S/C23H22F4N2O2S/c24-17-6-9-18(10-7-17)32-19-8-4-16(20(15-19)23(25,26)27)5-11-21(30)28-12-2-14-29-13-1-3-22(29)31/h4-11,15H,1-3,12-14H2,(H,28,30)/b11-5+. The van der Waals surface area contributed by atoms with Crippen LogP contribution in [0.1, 0.15) is 30.4 Å². The van der Waals surface area contributed by atoms with Crippen LogP contribution in [0.25, 0.3) is 6.08 Å². The monoisotopic (exact) mass is 466 g/mol. The van der Waals surface area contributed by atoms with E-state index in [-0.39, 0.29) is 11.5 Å². The predicted octanol–water partition coefficient (Wildman–Crippen LogP) is 5.14. The van der Waals surface area contributed by atoms with E-state index in [0.29, 0.717) is 35.7 Å². The lowest BCUT2D eigenvalue weighted by molar-refractivity contribution is -0.138. The Morgan fingerprint density at radius 3 is 2.50 bits per heavy atom. The third kappa shape index (κ3) is 6.85. The zero-order chi connectivity index (χ0) is 23.1. The highest BCUT2D eigenvalue weighted by molar-refractivity contribution is 7.99. The normalized spacial score (nSPS) is 14.4. The number of nitrogens with zero attached hydrogens (tertiary/aromatic N) is 1. The summed E-state index contributed by atoms with van der Waals surface area (Å²) in [6.45, 7) is 1.60. The first-order valence-electron chi connectivity index (χ1n) is 10.1. The molecule has 0 saturated carbocycles. The number of benzene rings is 2. The van der Waals surface area contributed by atoms with Crippen molar-refractivity contribution in [2.75, 3.05) is 19.6 Å². The second kappa shape index (κ2) is 10.7. The predicted molar refractivity (Wildman–Crippen MR) is 114 cm³/mol. The van der Waals surface area contributed by atoms with Gasteiger partial charge in [-0.15, -0.1) is 0 Å². The number of halogens is 4. The van der Waals surface area contributed by atoms with Crippen LogP contribution in [-0.2, 0) is 15.8 Å². The second-order valence-electron chi connectivity index (χ2n) is 7.27. The molecule has 32 heavy (non-hydrogen) atoms. The highest BCUT2D eigenvalue weighted by Crippen LogP contribution is 2.37. The molecule has 0 unspecified atom stereocenters. The van der Waals surface area contributed by atoms with Gasteiger partial charge < -0.3 is 10.2 Å². The lowest BCUT2D eigenvalue weighted by Gasteiger charge is -2.15.